The van der Waals surface area contributed by atoms with E-state index in [0.717, 1.165) is 37.8 Å². The Morgan fingerprint density at radius 2 is 1.89 bits per heavy atom. The highest BCUT2D eigenvalue weighted by atomic mass is 127. The first-order valence-electron chi connectivity index (χ1n) is 12.0. The van der Waals surface area contributed by atoms with Crippen LogP contribution in [0.4, 0.5) is 0 Å². The van der Waals surface area contributed by atoms with Gasteiger partial charge in [0, 0.05) is 11.4 Å². The molecule has 3 aromatic rings. The highest BCUT2D eigenvalue weighted by molar-refractivity contribution is 14.1. The number of hydrogen-bond acceptors (Lipinski definition) is 5. The SMILES string of the molecule is Cc1cc(OCP2(=O)OCC[C@@H](c3cccc(Cl)c3)O2)cc(C)c1Cc1cc(I)c(O)c(C(C)C)c1. The summed E-state index contributed by atoms with van der Waals surface area (Å²) in [4.78, 5) is 0. The van der Waals surface area contributed by atoms with Gasteiger partial charge in [0.2, 0.25) is 0 Å². The van der Waals surface area contributed by atoms with Crippen molar-refractivity contribution in [3.63, 3.8) is 0 Å². The van der Waals surface area contributed by atoms with E-state index in [2.05, 4.69) is 56.4 Å². The smallest absolute Gasteiger partial charge is 0.368 e. The van der Waals surface area contributed by atoms with E-state index in [-0.39, 0.29) is 18.4 Å². The van der Waals surface area contributed by atoms with Gasteiger partial charge in [-0.15, -0.1) is 0 Å². The molecule has 36 heavy (non-hydrogen) atoms. The topological polar surface area (TPSA) is 65.0 Å². The summed E-state index contributed by atoms with van der Waals surface area (Å²) in [7, 11) is -3.43. The van der Waals surface area contributed by atoms with Crippen LogP contribution in [0.25, 0.3) is 0 Å². The van der Waals surface area contributed by atoms with Gasteiger partial charge in [-0.25, -0.2) is 0 Å². The molecule has 1 aliphatic heterocycles. The van der Waals surface area contributed by atoms with Crippen LogP contribution in [0.5, 0.6) is 11.5 Å². The zero-order valence-electron chi connectivity index (χ0n) is 20.9. The van der Waals surface area contributed by atoms with Crippen LogP contribution in [-0.2, 0) is 20.0 Å². The van der Waals surface area contributed by atoms with Gasteiger partial charge in [0.15, 0.2) is 6.35 Å². The molecule has 0 amide bonds. The van der Waals surface area contributed by atoms with Gasteiger partial charge in [-0.1, -0.05) is 43.6 Å². The van der Waals surface area contributed by atoms with E-state index in [0.29, 0.717) is 29.5 Å². The summed E-state index contributed by atoms with van der Waals surface area (Å²) in [5.41, 5.74) is 6.36. The quantitative estimate of drug-likeness (QED) is 0.207. The first-order chi connectivity index (χ1) is 17.0. The molecule has 0 bridgehead atoms. The molecule has 1 saturated heterocycles. The van der Waals surface area contributed by atoms with Crippen molar-refractivity contribution >= 4 is 41.8 Å². The number of rotatable bonds is 7. The molecule has 0 aliphatic carbocycles. The lowest BCUT2D eigenvalue weighted by Gasteiger charge is -2.30. The zero-order valence-corrected chi connectivity index (χ0v) is 24.7. The normalized spacial score (nSPS) is 20.0. The third kappa shape index (κ3) is 6.46. The van der Waals surface area contributed by atoms with Gasteiger partial charge in [0.1, 0.15) is 11.5 Å². The number of ether oxygens (including phenoxy) is 1. The van der Waals surface area contributed by atoms with Crippen LogP contribution in [0.2, 0.25) is 5.02 Å². The summed E-state index contributed by atoms with van der Waals surface area (Å²) >= 11 is 8.30. The van der Waals surface area contributed by atoms with Crippen LogP contribution < -0.4 is 4.74 Å². The summed E-state index contributed by atoms with van der Waals surface area (Å²) in [5, 5.41) is 11.0. The average molecular weight is 641 g/mol. The Kier molecular flexibility index (Phi) is 8.73. The molecule has 0 radical (unpaired) electrons. The van der Waals surface area contributed by atoms with E-state index in [4.69, 9.17) is 25.4 Å². The maximum Gasteiger partial charge on any atom is 0.368 e. The lowest BCUT2D eigenvalue weighted by Crippen LogP contribution is -2.17. The molecule has 0 saturated carbocycles. The van der Waals surface area contributed by atoms with E-state index >= 15 is 0 Å². The Balaban J connectivity index is 1.47. The van der Waals surface area contributed by atoms with Crippen LogP contribution in [0.1, 0.15) is 65.7 Å². The number of hydrogen-bond donors (Lipinski definition) is 1. The van der Waals surface area contributed by atoms with Crippen molar-refractivity contribution in [2.24, 2.45) is 0 Å². The maximum absolute atomic E-state index is 13.3. The van der Waals surface area contributed by atoms with Crippen LogP contribution in [0, 0.1) is 17.4 Å². The third-order valence-electron chi connectivity index (χ3n) is 6.39. The monoisotopic (exact) mass is 640 g/mol. The van der Waals surface area contributed by atoms with E-state index in [1.165, 1.54) is 5.56 Å². The number of phenolic OH excluding ortho intramolecular Hbond substituents is 1. The van der Waals surface area contributed by atoms with Crippen LogP contribution in [0.15, 0.2) is 48.5 Å². The van der Waals surface area contributed by atoms with Crippen molar-refractivity contribution in [3.8, 4) is 11.5 Å². The lowest BCUT2D eigenvalue weighted by molar-refractivity contribution is 0.0725. The van der Waals surface area contributed by atoms with E-state index in [1.807, 2.05) is 36.4 Å². The first kappa shape index (κ1) is 27.5. The summed E-state index contributed by atoms with van der Waals surface area (Å²) in [6.07, 6.45) is 0.851. The molecule has 4 rings (SSSR count). The molecule has 1 unspecified atom stereocenters. The largest absolute Gasteiger partial charge is 0.507 e. The molecule has 1 heterocycles. The van der Waals surface area contributed by atoms with Gasteiger partial charge >= 0.3 is 7.60 Å². The highest BCUT2D eigenvalue weighted by Crippen LogP contribution is 2.56. The predicted octanol–water partition coefficient (Wildman–Crippen LogP) is 8.69. The second-order valence-electron chi connectivity index (χ2n) is 9.54. The fraction of sp³-hybridized carbons (Fsp3) is 0.357. The number of benzene rings is 3. The number of halogens is 2. The Morgan fingerprint density at radius 1 is 1.17 bits per heavy atom. The summed E-state index contributed by atoms with van der Waals surface area (Å²) < 4.78 is 31.5. The molecule has 1 N–H and O–H groups in total. The van der Waals surface area contributed by atoms with Gasteiger partial charge in [-0.3, -0.25) is 9.09 Å². The van der Waals surface area contributed by atoms with Gasteiger partial charge in [0.05, 0.1) is 16.3 Å². The standard InChI is InChI=1S/C28H31ClIO5P/c1-17(2)24-12-20(14-26(30)28(24)31)13-25-18(3)10-23(11-19(25)4)33-16-36(32)34-9-8-27(35-36)21-6-5-7-22(29)15-21/h5-7,10-12,14-15,17,27,31H,8-9,13,16H2,1-4H3/t27-,36?/m0/s1. The summed E-state index contributed by atoms with van der Waals surface area (Å²) in [6, 6.07) is 15.4. The van der Waals surface area contributed by atoms with Crippen molar-refractivity contribution in [2.75, 3.05) is 13.0 Å². The molecular formula is C28H31ClIO5P. The second kappa shape index (κ2) is 11.4. The molecule has 5 nitrogen and oxygen atoms in total. The number of aryl methyl sites for hydroxylation is 2. The van der Waals surface area contributed by atoms with E-state index in [1.54, 1.807) is 6.07 Å². The van der Waals surface area contributed by atoms with Crippen LogP contribution >= 0.6 is 41.8 Å². The van der Waals surface area contributed by atoms with E-state index in [9.17, 15) is 9.67 Å². The Bertz CT molecular complexity index is 1290. The molecular weight excluding hydrogens is 610 g/mol. The molecule has 1 aliphatic rings. The third-order valence-corrected chi connectivity index (χ3v) is 9.05. The first-order valence-corrected chi connectivity index (χ1v) is 15.1. The zero-order chi connectivity index (χ0) is 26.0. The van der Waals surface area contributed by atoms with Crippen LogP contribution in [-0.4, -0.2) is 18.1 Å². The lowest BCUT2D eigenvalue weighted by atomic mass is 9.93. The molecule has 8 heteroatoms. The molecule has 2 atom stereocenters. The highest BCUT2D eigenvalue weighted by Gasteiger charge is 2.35. The average Bonchev–Trinajstić information content (AvgIpc) is 2.82. The molecule has 0 spiro atoms. The van der Waals surface area contributed by atoms with Crippen molar-refractivity contribution < 1.29 is 23.5 Å². The van der Waals surface area contributed by atoms with Gasteiger partial charge < -0.3 is 14.4 Å². The molecule has 192 valence electrons. The fourth-order valence-corrected chi connectivity index (χ4v) is 6.88. The second-order valence-corrected chi connectivity index (χ2v) is 13.1. The summed E-state index contributed by atoms with van der Waals surface area (Å²) in [6.45, 7) is 8.60. The van der Waals surface area contributed by atoms with Gasteiger partial charge in [0.25, 0.3) is 0 Å². The van der Waals surface area contributed by atoms with Gasteiger partial charge in [-0.05, 0) is 112 Å². The Labute approximate surface area is 231 Å². The minimum Gasteiger partial charge on any atom is -0.507 e. The number of aromatic hydroxyl groups is 1. The summed E-state index contributed by atoms with van der Waals surface area (Å²) in [5.74, 6) is 1.23. The van der Waals surface area contributed by atoms with Crippen molar-refractivity contribution in [1.29, 1.82) is 0 Å². The maximum atomic E-state index is 13.3. The van der Waals surface area contributed by atoms with E-state index < -0.39 is 7.60 Å². The van der Waals surface area contributed by atoms with Crippen molar-refractivity contribution in [1.82, 2.24) is 0 Å². The fourth-order valence-electron chi connectivity index (χ4n) is 4.47. The molecule has 1 fully saturated rings. The van der Waals surface area contributed by atoms with Crippen molar-refractivity contribution in [2.45, 2.75) is 52.6 Å². The van der Waals surface area contributed by atoms with Crippen molar-refractivity contribution in [3.05, 3.63) is 90.5 Å². The molecule has 3 aromatic carbocycles. The Morgan fingerprint density at radius 3 is 2.56 bits per heavy atom. The minimum absolute atomic E-state index is 0.157. The minimum atomic E-state index is -3.43. The van der Waals surface area contributed by atoms with Gasteiger partial charge in [-0.2, -0.15) is 0 Å². The molecule has 0 aromatic heterocycles. The number of phenols is 1. The van der Waals surface area contributed by atoms with Crippen LogP contribution in [0.3, 0.4) is 0 Å². The Hall–Kier alpha value is -1.57. The predicted molar refractivity (Wildman–Crippen MR) is 153 cm³/mol.